The Labute approximate surface area is 125 Å². The molecular formula is C14H10Cl2N2S. The van der Waals surface area contributed by atoms with E-state index in [0.29, 0.717) is 11.6 Å². The van der Waals surface area contributed by atoms with Crippen molar-refractivity contribution < 1.29 is 0 Å². The summed E-state index contributed by atoms with van der Waals surface area (Å²) in [7, 11) is 0. The third kappa shape index (κ3) is 2.84. The number of anilines is 1. The fourth-order valence-corrected chi connectivity index (χ4v) is 3.16. The van der Waals surface area contributed by atoms with Crippen LogP contribution in [0.15, 0.2) is 41.9 Å². The van der Waals surface area contributed by atoms with Gasteiger partial charge in [0.25, 0.3) is 0 Å². The summed E-state index contributed by atoms with van der Waals surface area (Å²) in [6, 6.07) is 9.67. The lowest BCUT2D eigenvalue weighted by molar-refractivity contribution is 1.19. The van der Waals surface area contributed by atoms with Crippen LogP contribution < -0.4 is 5.32 Å². The Balaban J connectivity index is 1.91. The van der Waals surface area contributed by atoms with Crippen molar-refractivity contribution in [2.75, 3.05) is 5.32 Å². The SMILES string of the molecule is Clc1csc(CNc2cc(Cl)cc3cccnc23)c1. The van der Waals surface area contributed by atoms with Gasteiger partial charge in [0.15, 0.2) is 0 Å². The first-order valence-corrected chi connectivity index (χ1v) is 7.37. The van der Waals surface area contributed by atoms with Gasteiger partial charge in [-0.05, 0) is 24.3 Å². The number of benzene rings is 1. The van der Waals surface area contributed by atoms with Crippen molar-refractivity contribution in [2.24, 2.45) is 0 Å². The smallest absolute Gasteiger partial charge is 0.0934 e. The molecule has 3 rings (SSSR count). The minimum Gasteiger partial charge on any atom is -0.378 e. The van der Waals surface area contributed by atoms with Gasteiger partial charge in [-0.1, -0.05) is 29.3 Å². The number of thiophene rings is 1. The molecule has 0 aliphatic carbocycles. The summed E-state index contributed by atoms with van der Waals surface area (Å²) in [5.41, 5.74) is 1.86. The fraction of sp³-hybridized carbons (Fsp3) is 0.0714. The summed E-state index contributed by atoms with van der Waals surface area (Å²) in [5, 5.41) is 7.79. The number of hydrogen-bond acceptors (Lipinski definition) is 3. The van der Waals surface area contributed by atoms with Gasteiger partial charge in [0.05, 0.1) is 16.2 Å². The number of halogens is 2. The largest absolute Gasteiger partial charge is 0.378 e. The Hall–Kier alpha value is -1.29. The van der Waals surface area contributed by atoms with E-state index in [4.69, 9.17) is 23.2 Å². The van der Waals surface area contributed by atoms with Crippen LogP contribution in [0.1, 0.15) is 4.88 Å². The normalized spacial score (nSPS) is 10.8. The highest BCUT2D eigenvalue weighted by atomic mass is 35.5. The first-order chi connectivity index (χ1) is 9.22. The molecule has 3 aromatic rings. The third-order valence-corrected chi connectivity index (χ3v) is 4.25. The van der Waals surface area contributed by atoms with E-state index in [1.54, 1.807) is 17.5 Å². The maximum atomic E-state index is 6.12. The van der Waals surface area contributed by atoms with E-state index in [0.717, 1.165) is 21.6 Å². The molecular weight excluding hydrogens is 299 g/mol. The van der Waals surface area contributed by atoms with Gasteiger partial charge in [-0.2, -0.15) is 0 Å². The predicted octanol–water partition coefficient (Wildman–Crippen LogP) is 5.22. The molecule has 0 atom stereocenters. The number of fused-ring (bicyclic) bond motifs is 1. The maximum absolute atomic E-state index is 6.12. The van der Waals surface area contributed by atoms with Crippen LogP contribution in [-0.2, 0) is 6.54 Å². The van der Waals surface area contributed by atoms with E-state index in [9.17, 15) is 0 Å². The molecule has 2 nitrogen and oxygen atoms in total. The average Bonchev–Trinajstić information content (AvgIpc) is 2.81. The van der Waals surface area contributed by atoms with Crippen LogP contribution in [-0.4, -0.2) is 4.98 Å². The van der Waals surface area contributed by atoms with Crippen LogP contribution >= 0.6 is 34.5 Å². The van der Waals surface area contributed by atoms with Crippen LogP contribution in [0, 0.1) is 0 Å². The van der Waals surface area contributed by atoms with Gasteiger partial charge in [0.2, 0.25) is 0 Å². The molecule has 2 aromatic heterocycles. The van der Waals surface area contributed by atoms with Crippen molar-refractivity contribution in [1.29, 1.82) is 0 Å². The second kappa shape index (κ2) is 5.37. The summed E-state index contributed by atoms with van der Waals surface area (Å²) < 4.78 is 0. The van der Waals surface area contributed by atoms with Crippen molar-refractivity contribution in [1.82, 2.24) is 4.98 Å². The summed E-state index contributed by atoms with van der Waals surface area (Å²) in [6.07, 6.45) is 1.78. The van der Waals surface area contributed by atoms with E-state index in [1.165, 1.54) is 4.88 Å². The standard InChI is InChI=1S/C14H10Cl2N2S/c15-10-4-9-2-1-3-17-14(9)13(6-10)18-7-12-5-11(16)8-19-12/h1-6,8,18H,7H2. The number of nitrogens with zero attached hydrogens (tertiary/aromatic N) is 1. The highest BCUT2D eigenvalue weighted by molar-refractivity contribution is 7.10. The first kappa shape index (κ1) is 12.7. The second-order valence-corrected chi connectivity index (χ2v) is 5.98. The maximum Gasteiger partial charge on any atom is 0.0934 e. The minimum absolute atomic E-state index is 0.701. The predicted molar refractivity (Wildman–Crippen MR) is 83.4 cm³/mol. The molecule has 1 N–H and O–H groups in total. The highest BCUT2D eigenvalue weighted by Crippen LogP contribution is 2.27. The topological polar surface area (TPSA) is 24.9 Å². The molecule has 0 saturated carbocycles. The molecule has 5 heteroatoms. The van der Waals surface area contributed by atoms with Crippen molar-refractivity contribution in [3.8, 4) is 0 Å². The monoisotopic (exact) mass is 308 g/mol. The summed E-state index contributed by atoms with van der Waals surface area (Å²) in [4.78, 5) is 5.57. The molecule has 0 spiro atoms. The zero-order valence-electron chi connectivity index (χ0n) is 9.86. The van der Waals surface area contributed by atoms with Crippen LogP contribution in [0.5, 0.6) is 0 Å². The van der Waals surface area contributed by atoms with Gasteiger partial charge >= 0.3 is 0 Å². The van der Waals surface area contributed by atoms with Crippen molar-refractivity contribution in [2.45, 2.75) is 6.54 Å². The zero-order valence-corrected chi connectivity index (χ0v) is 12.2. The van der Waals surface area contributed by atoms with Crippen LogP contribution in [0.2, 0.25) is 10.0 Å². The van der Waals surface area contributed by atoms with Gasteiger partial charge in [0, 0.05) is 33.4 Å². The van der Waals surface area contributed by atoms with E-state index < -0.39 is 0 Å². The molecule has 0 bridgehead atoms. The molecule has 0 saturated heterocycles. The molecule has 0 radical (unpaired) electrons. The minimum atomic E-state index is 0.701. The van der Waals surface area contributed by atoms with Crippen molar-refractivity contribution in [3.63, 3.8) is 0 Å². The van der Waals surface area contributed by atoms with Crippen LogP contribution in [0.4, 0.5) is 5.69 Å². The molecule has 0 aliphatic heterocycles. The van der Waals surface area contributed by atoms with Crippen molar-refractivity contribution >= 4 is 51.1 Å². The molecule has 0 amide bonds. The number of aromatic nitrogens is 1. The lowest BCUT2D eigenvalue weighted by Crippen LogP contribution is -1.99. The number of pyridine rings is 1. The quantitative estimate of drug-likeness (QED) is 0.718. The van der Waals surface area contributed by atoms with Gasteiger partial charge < -0.3 is 5.32 Å². The van der Waals surface area contributed by atoms with E-state index in [1.807, 2.05) is 35.7 Å². The molecule has 1 aromatic carbocycles. The fourth-order valence-electron chi connectivity index (χ4n) is 1.92. The molecule has 0 unspecified atom stereocenters. The Kier molecular flexibility index (Phi) is 3.60. The molecule has 96 valence electrons. The van der Waals surface area contributed by atoms with E-state index >= 15 is 0 Å². The molecule has 19 heavy (non-hydrogen) atoms. The number of hydrogen-bond donors (Lipinski definition) is 1. The zero-order chi connectivity index (χ0) is 13.2. The highest BCUT2D eigenvalue weighted by Gasteiger charge is 2.05. The van der Waals surface area contributed by atoms with Crippen LogP contribution in [0.25, 0.3) is 10.9 Å². The second-order valence-electron chi connectivity index (χ2n) is 4.11. The van der Waals surface area contributed by atoms with Gasteiger partial charge in [-0.3, -0.25) is 4.98 Å². The number of rotatable bonds is 3. The molecule has 0 fully saturated rings. The van der Waals surface area contributed by atoms with Gasteiger partial charge in [0.1, 0.15) is 0 Å². The first-order valence-electron chi connectivity index (χ1n) is 5.73. The summed E-state index contributed by atoms with van der Waals surface area (Å²) in [5.74, 6) is 0. The summed E-state index contributed by atoms with van der Waals surface area (Å²) in [6.45, 7) is 0.712. The Morgan fingerprint density at radius 1 is 1.16 bits per heavy atom. The number of nitrogens with one attached hydrogen (secondary N) is 1. The molecule has 0 aliphatic rings. The third-order valence-electron chi connectivity index (χ3n) is 2.74. The van der Waals surface area contributed by atoms with Crippen molar-refractivity contribution in [3.05, 3.63) is 56.8 Å². The van der Waals surface area contributed by atoms with E-state index in [-0.39, 0.29) is 0 Å². The summed E-state index contributed by atoms with van der Waals surface area (Å²) >= 11 is 13.7. The lowest BCUT2D eigenvalue weighted by Gasteiger charge is -2.08. The van der Waals surface area contributed by atoms with Gasteiger partial charge in [-0.15, -0.1) is 11.3 Å². The Bertz CT molecular complexity index is 724. The average molecular weight is 309 g/mol. The lowest BCUT2D eigenvalue weighted by atomic mass is 10.2. The van der Waals surface area contributed by atoms with E-state index in [2.05, 4.69) is 10.3 Å². The molecule has 2 heterocycles. The Morgan fingerprint density at radius 2 is 2.05 bits per heavy atom. The Morgan fingerprint density at radius 3 is 2.84 bits per heavy atom. The van der Waals surface area contributed by atoms with Gasteiger partial charge in [-0.25, -0.2) is 0 Å². The van der Waals surface area contributed by atoms with Crippen LogP contribution in [0.3, 0.4) is 0 Å².